The number of morpholine rings is 1. The average Bonchev–Trinajstić information content (AvgIpc) is 2.86. The standard InChI is InChI=1S/C18H23N3O3/c1-12-17(13(2)20(3)19-12)15-11-24-10-9-21(15)18(22)14-7-5-6-8-16(14)23-4/h5-8,15H,9-11H2,1-4H3/t15-/m0/s1. The van der Waals surface area contributed by atoms with Crippen LogP contribution in [0.25, 0.3) is 0 Å². The summed E-state index contributed by atoms with van der Waals surface area (Å²) in [6.45, 7) is 5.57. The summed E-state index contributed by atoms with van der Waals surface area (Å²) < 4.78 is 12.9. The minimum absolute atomic E-state index is 0.0385. The molecule has 0 bridgehead atoms. The van der Waals surface area contributed by atoms with Crippen molar-refractivity contribution in [2.24, 2.45) is 7.05 Å². The Bertz CT molecular complexity index is 754. The Labute approximate surface area is 142 Å². The third-order valence-corrected chi connectivity index (χ3v) is 4.62. The monoisotopic (exact) mass is 329 g/mol. The fourth-order valence-electron chi connectivity index (χ4n) is 3.33. The smallest absolute Gasteiger partial charge is 0.258 e. The van der Waals surface area contributed by atoms with Crippen LogP contribution in [0.4, 0.5) is 0 Å². The van der Waals surface area contributed by atoms with E-state index in [0.29, 0.717) is 31.1 Å². The molecular formula is C18H23N3O3. The van der Waals surface area contributed by atoms with Gasteiger partial charge in [0.1, 0.15) is 5.75 Å². The highest BCUT2D eigenvalue weighted by Crippen LogP contribution is 2.31. The molecule has 24 heavy (non-hydrogen) atoms. The molecule has 0 unspecified atom stereocenters. The van der Waals surface area contributed by atoms with E-state index in [9.17, 15) is 4.79 Å². The molecule has 1 aromatic heterocycles. The van der Waals surface area contributed by atoms with E-state index in [0.717, 1.165) is 17.0 Å². The summed E-state index contributed by atoms with van der Waals surface area (Å²) in [5.41, 5.74) is 3.63. The van der Waals surface area contributed by atoms with E-state index in [1.54, 1.807) is 13.2 Å². The predicted octanol–water partition coefficient (Wildman–Crippen LogP) is 2.26. The Kier molecular flexibility index (Phi) is 4.57. The van der Waals surface area contributed by atoms with Gasteiger partial charge in [-0.2, -0.15) is 5.10 Å². The van der Waals surface area contributed by atoms with Crippen molar-refractivity contribution in [3.63, 3.8) is 0 Å². The number of para-hydroxylation sites is 1. The van der Waals surface area contributed by atoms with Crippen molar-refractivity contribution in [1.29, 1.82) is 0 Å². The van der Waals surface area contributed by atoms with Gasteiger partial charge in [-0.1, -0.05) is 12.1 Å². The van der Waals surface area contributed by atoms with Gasteiger partial charge in [0.15, 0.2) is 0 Å². The van der Waals surface area contributed by atoms with Gasteiger partial charge in [-0.25, -0.2) is 0 Å². The minimum atomic E-state index is -0.134. The lowest BCUT2D eigenvalue weighted by atomic mass is 10.0. The number of carbonyl (C=O) groups excluding carboxylic acids is 1. The maximum atomic E-state index is 13.2. The Hall–Kier alpha value is -2.34. The van der Waals surface area contributed by atoms with Crippen LogP contribution in [0.5, 0.6) is 5.75 Å². The number of aryl methyl sites for hydroxylation is 2. The van der Waals surface area contributed by atoms with Crippen LogP contribution in [-0.2, 0) is 11.8 Å². The molecule has 1 aliphatic heterocycles. The normalized spacial score (nSPS) is 17.8. The average molecular weight is 329 g/mol. The number of hydrogen-bond acceptors (Lipinski definition) is 4. The SMILES string of the molecule is COc1ccccc1C(=O)N1CCOC[C@H]1c1c(C)nn(C)c1C. The number of hydrogen-bond donors (Lipinski definition) is 0. The Morgan fingerprint density at radius 1 is 1.33 bits per heavy atom. The zero-order valence-electron chi connectivity index (χ0n) is 14.6. The summed E-state index contributed by atoms with van der Waals surface area (Å²) in [7, 11) is 3.50. The van der Waals surface area contributed by atoms with Crippen molar-refractivity contribution in [2.75, 3.05) is 26.9 Å². The maximum absolute atomic E-state index is 13.2. The predicted molar refractivity (Wildman–Crippen MR) is 90.3 cm³/mol. The number of nitrogens with zero attached hydrogens (tertiary/aromatic N) is 3. The van der Waals surface area contributed by atoms with Gasteiger partial charge in [-0.15, -0.1) is 0 Å². The van der Waals surface area contributed by atoms with Crippen LogP contribution in [-0.4, -0.2) is 47.5 Å². The molecule has 6 heteroatoms. The molecule has 0 aliphatic carbocycles. The molecule has 0 N–H and O–H groups in total. The molecule has 0 spiro atoms. The second-order valence-electron chi connectivity index (χ2n) is 6.00. The number of rotatable bonds is 3. The lowest BCUT2D eigenvalue weighted by molar-refractivity contribution is -0.00319. The van der Waals surface area contributed by atoms with E-state index >= 15 is 0 Å². The molecule has 1 amide bonds. The van der Waals surface area contributed by atoms with Gasteiger partial charge in [0.2, 0.25) is 0 Å². The Morgan fingerprint density at radius 3 is 2.75 bits per heavy atom. The molecule has 3 rings (SSSR count). The largest absolute Gasteiger partial charge is 0.496 e. The third-order valence-electron chi connectivity index (χ3n) is 4.62. The molecule has 1 aromatic carbocycles. The summed E-state index contributed by atoms with van der Waals surface area (Å²) in [4.78, 5) is 15.0. The van der Waals surface area contributed by atoms with E-state index in [4.69, 9.17) is 9.47 Å². The zero-order valence-corrected chi connectivity index (χ0v) is 14.6. The number of methoxy groups -OCH3 is 1. The van der Waals surface area contributed by atoms with E-state index in [2.05, 4.69) is 5.10 Å². The highest BCUT2D eigenvalue weighted by Gasteiger charge is 2.33. The van der Waals surface area contributed by atoms with Gasteiger partial charge >= 0.3 is 0 Å². The molecule has 128 valence electrons. The van der Waals surface area contributed by atoms with Gasteiger partial charge in [-0.05, 0) is 26.0 Å². The lowest BCUT2D eigenvalue weighted by Crippen LogP contribution is -2.43. The molecule has 0 saturated carbocycles. The van der Waals surface area contributed by atoms with Crippen molar-refractivity contribution < 1.29 is 14.3 Å². The molecule has 1 atom stereocenters. The number of carbonyl (C=O) groups is 1. The van der Waals surface area contributed by atoms with Crippen LogP contribution in [0.1, 0.15) is 33.4 Å². The first-order valence-corrected chi connectivity index (χ1v) is 8.06. The van der Waals surface area contributed by atoms with Crippen LogP contribution < -0.4 is 4.74 Å². The summed E-state index contributed by atoms with van der Waals surface area (Å²) in [5, 5.41) is 4.48. The first kappa shape index (κ1) is 16.5. The molecule has 6 nitrogen and oxygen atoms in total. The van der Waals surface area contributed by atoms with Gasteiger partial charge in [0.05, 0.1) is 37.6 Å². The Morgan fingerprint density at radius 2 is 2.08 bits per heavy atom. The summed E-state index contributed by atoms with van der Waals surface area (Å²) in [6.07, 6.45) is 0. The number of amides is 1. The van der Waals surface area contributed by atoms with Crippen LogP contribution in [0.15, 0.2) is 24.3 Å². The first-order chi connectivity index (χ1) is 11.5. The van der Waals surface area contributed by atoms with Crippen LogP contribution >= 0.6 is 0 Å². The van der Waals surface area contributed by atoms with Crippen LogP contribution in [0.2, 0.25) is 0 Å². The molecule has 1 fully saturated rings. The summed E-state index contributed by atoms with van der Waals surface area (Å²) in [6, 6.07) is 7.19. The van der Waals surface area contributed by atoms with E-state index in [-0.39, 0.29) is 11.9 Å². The number of ether oxygens (including phenoxy) is 2. The fraction of sp³-hybridized carbons (Fsp3) is 0.444. The lowest BCUT2D eigenvalue weighted by Gasteiger charge is -2.36. The minimum Gasteiger partial charge on any atom is -0.496 e. The van der Waals surface area contributed by atoms with E-state index in [1.165, 1.54) is 0 Å². The van der Waals surface area contributed by atoms with E-state index < -0.39 is 0 Å². The number of benzene rings is 1. The second kappa shape index (κ2) is 6.65. The summed E-state index contributed by atoms with van der Waals surface area (Å²) >= 11 is 0. The zero-order chi connectivity index (χ0) is 17.3. The Balaban J connectivity index is 1.99. The molecule has 1 aliphatic rings. The third kappa shape index (κ3) is 2.78. The van der Waals surface area contributed by atoms with Gasteiger partial charge in [0, 0.05) is 24.8 Å². The van der Waals surface area contributed by atoms with Crippen LogP contribution in [0.3, 0.4) is 0 Å². The maximum Gasteiger partial charge on any atom is 0.258 e. The summed E-state index contributed by atoms with van der Waals surface area (Å²) in [5.74, 6) is 0.552. The first-order valence-electron chi connectivity index (χ1n) is 8.06. The molecule has 1 saturated heterocycles. The highest BCUT2D eigenvalue weighted by molar-refractivity contribution is 5.97. The molecule has 2 aromatic rings. The van der Waals surface area contributed by atoms with Crippen molar-refractivity contribution in [3.05, 3.63) is 46.8 Å². The quantitative estimate of drug-likeness (QED) is 0.867. The van der Waals surface area contributed by atoms with Crippen molar-refractivity contribution in [1.82, 2.24) is 14.7 Å². The van der Waals surface area contributed by atoms with Crippen LogP contribution in [0, 0.1) is 13.8 Å². The van der Waals surface area contributed by atoms with Crippen molar-refractivity contribution in [3.8, 4) is 5.75 Å². The van der Waals surface area contributed by atoms with Crippen molar-refractivity contribution in [2.45, 2.75) is 19.9 Å². The second-order valence-corrected chi connectivity index (χ2v) is 6.00. The van der Waals surface area contributed by atoms with Gasteiger partial charge in [-0.3, -0.25) is 9.48 Å². The molecule has 0 radical (unpaired) electrons. The van der Waals surface area contributed by atoms with Gasteiger partial charge < -0.3 is 14.4 Å². The highest BCUT2D eigenvalue weighted by atomic mass is 16.5. The molecule has 2 heterocycles. The van der Waals surface area contributed by atoms with Crippen molar-refractivity contribution >= 4 is 5.91 Å². The number of aromatic nitrogens is 2. The van der Waals surface area contributed by atoms with Gasteiger partial charge in [0.25, 0.3) is 5.91 Å². The topological polar surface area (TPSA) is 56.6 Å². The fourth-order valence-corrected chi connectivity index (χ4v) is 3.33. The van der Waals surface area contributed by atoms with E-state index in [1.807, 2.05) is 48.7 Å². The molecular weight excluding hydrogens is 306 g/mol.